The summed E-state index contributed by atoms with van der Waals surface area (Å²) in [6.45, 7) is 7.10. The molecule has 0 amide bonds. The quantitative estimate of drug-likeness (QED) is 0.762. The molecule has 1 rings (SSSR count). The molecule has 1 atom stereocenters. The van der Waals surface area contributed by atoms with E-state index in [0.717, 1.165) is 25.2 Å². The largest absolute Gasteiger partial charge is 0.327 e. The first kappa shape index (κ1) is 14.8. The molecule has 2 N–H and O–H groups in total. The van der Waals surface area contributed by atoms with E-state index in [9.17, 15) is 4.79 Å². The fourth-order valence-corrected chi connectivity index (χ4v) is 1.94. The molecule has 0 saturated carbocycles. The minimum absolute atomic E-state index is 0.0241. The average molecular weight is 252 g/mol. The topological polar surface area (TPSA) is 73.8 Å². The van der Waals surface area contributed by atoms with Crippen LogP contribution < -0.4 is 5.73 Å². The maximum Gasteiger partial charge on any atom is 0.142 e. The van der Waals surface area contributed by atoms with Gasteiger partial charge in [-0.05, 0) is 12.3 Å². The van der Waals surface area contributed by atoms with Crippen LogP contribution >= 0.6 is 0 Å². The van der Waals surface area contributed by atoms with Gasteiger partial charge in [0.15, 0.2) is 0 Å². The van der Waals surface area contributed by atoms with Crippen molar-refractivity contribution in [3.8, 4) is 0 Å². The van der Waals surface area contributed by atoms with Crippen molar-refractivity contribution in [2.75, 3.05) is 0 Å². The second-order valence-electron chi connectivity index (χ2n) is 5.22. The summed E-state index contributed by atoms with van der Waals surface area (Å²) in [6.07, 6.45) is 4.19. The zero-order valence-electron chi connectivity index (χ0n) is 11.6. The van der Waals surface area contributed by atoms with Crippen molar-refractivity contribution >= 4 is 5.78 Å². The van der Waals surface area contributed by atoms with Gasteiger partial charge in [-0.15, -0.1) is 0 Å². The first-order valence-electron chi connectivity index (χ1n) is 6.66. The average Bonchev–Trinajstić information content (AvgIpc) is 2.64. The van der Waals surface area contributed by atoms with Crippen LogP contribution in [0.4, 0.5) is 0 Å². The molecule has 0 aromatic carbocycles. The van der Waals surface area contributed by atoms with Gasteiger partial charge >= 0.3 is 0 Å². The van der Waals surface area contributed by atoms with Crippen LogP contribution in [0, 0.1) is 5.92 Å². The summed E-state index contributed by atoms with van der Waals surface area (Å²) >= 11 is 0. The van der Waals surface area contributed by atoms with Crippen molar-refractivity contribution in [2.45, 2.75) is 59.0 Å². The van der Waals surface area contributed by atoms with E-state index in [-0.39, 0.29) is 11.8 Å². The third-order valence-electron chi connectivity index (χ3n) is 2.74. The highest BCUT2D eigenvalue weighted by Crippen LogP contribution is 2.06. The minimum atomic E-state index is -0.0241. The second kappa shape index (κ2) is 7.26. The molecule has 0 radical (unpaired) electrons. The van der Waals surface area contributed by atoms with Crippen LogP contribution in [0.2, 0.25) is 0 Å². The molecule has 0 aliphatic heterocycles. The van der Waals surface area contributed by atoms with Crippen LogP contribution in [-0.4, -0.2) is 26.6 Å². The monoisotopic (exact) mass is 252 g/mol. The number of carbonyl (C=O) groups is 1. The van der Waals surface area contributed by atoms with E-state index in [1.807, 2.05) is 4.68 Å². The van der Waals surface area contributed by atoms with E-state index in [1.165, 1.54) is 6.33 Å². The smallest absolute Gasteiger partial charge is 0.142 e. The Balaban J connectivity index is 2.51. The summed E-state index contributed by atoms with van der Waals surface area (Å²) in [5, 5.41) is 4.15. The number of hydrogen-bond acceptors (Lipinski definition) is 4. The van der Waals surface area contributed by atoms with E-state index in [1.54, 1.807) is 0 Å². The molecular weight excluding hydrogens is 228 g/mol. The molecule has 5 nitrogen and oxygen atoms in total. The number of ketones is 1. The number of nitrogens with two attached hydrogens (primary N) is 1. The molecule has 0 saturated heterocycles. The minimum Gasteiger partial charge on any atom is -0.327 e. The van der Waals surface area contributed by atoms with Crippen LogP contribution in [0.25, 0.3) is 0 Å². The van der Waals surface area contributed by atoms with Crippen molar-refractivity contribution in [1.29, 1.82) is 0 Å². The van der Waals surface area contributed by atoms with Crippen LogP contribution in [0.1, 0.15) is 45.9 Å². The SMILES string of the molecule is CCCC(N)CC(=O)Cc1ncnn1CC(C)C. The Labute approximate surface area is 109 Å². The van der Waals surface area contributed by atoms with Gasteiger partial charge in [0.1, 0.15) is 17.9 Å². The summed E-state index contributed by atoms with van der Waals surface area (Å²) in [5.41, 5.74) is 5.87. The van der Waals surface area contributed by atoms with Crippen LogP contribution in [0.5, 0.6) is 0 Å². The van der Waals surface area contributed by atoms with E-state index in [0.29, 0.717) is 18.8 Å². The Morgan fingerprint density at radius 2 is 2.22 bits per heavy atom. The predicted octanol–water partition coefficient (Wildman–Crippen LogP) is 1.56. The molecule has 0 spiro atoms. The summed E-state index contributed by atoms with van der Waals surface area (Å²) in [6, 6.07) is -0.0241. The zero-order valence-corrected chi connectivity index (χ0v) is 11.6. The Kier molecular flexibility index (Phi) is 5.98. The van der Waals surface area contributed by atoms with E-state index in [4.69, 9.17) is 5.73 Å². The normalized spacial score (nSPS) is 12.9. The van der Waals surface area contributed by atoms with Crippen molar-refractivity contribution < 1.29 is 4.79 Å². The Bertz CT molecular complexity index is 373. The van der Waals surface area contributed by atoms with E-state index >= 15 is 0 Å². The number of rotatable bonds is 8. The standard InChI is InChI=1S/C13H24N4O/c1-4-5-11(14)6-12(18)7-13-15-9-16-17(13)8-10(2)3/h9-11H,4-8,14H2,1-3H3. The van der Waals surface area contributed by atoms with Gasteiger partial charge in [-0.25, -0.2) is 9.67 Å². The molecule has 0 aliphatic carbocycles. The molecule has 5 heteroatoms. The van der Waals surface area contributed by atoms with Gasteiger partial charge in [-0.3, -0.25) is 4.79 Å². The van der Waals surface area contributed by atoms with Gasteiger partial charge in [-0.1, -0.05) is 27.2 Å². The first-order valence-corrected chi connectivity index (χ1v) is 6.66. The summed E-state index contributed by atoms with van der Waals surface area (Å²) < 4.78 is 1.81. The third-order valence-corrected chi connectivity index (χ3v) is 2.74. The highest BCUT2D eigenvalue weighted by Gasteiger charge is 2.13. The fourth-order valence-electron chi connectivity index (χ4n) is 1.94. The zero-order chi connectivity index (χ0) is 13.5. The van der Waals surface area contributed by atoms with Crippen LogP contribution in [0.15, 0.2) is 6.33 Å². The number of carbonyl (C=O) groups excluding carboxylic acids is 1. The highest BCUT2D eigenvalue weighted by atomic mass is 16.1. The Morgan fingerprint density at radius 3 is 2.83 bits per heavy atom. The number of aromatic nitrogens is 3. The third kappa shape index (κ3) is 4.96. The van der Waals surface area contributed by atoms with Crippen molar-refractivity contribution in [3.63, 3.8) is 0 Å². The van der Waals surface area contributed by atoms with E-state index in [2.05, 4.69) is 30.9 Å². The van der Waals surface area contributed by atoms with Crippen molar-refractivity contribution in [3.05, 3.63) is 12.2 Å². The molecule has 102 valence electrons. The maximum atomic E-state index is 11.9. The van der Waals surface area contributed by atoms with Gasteiger partial charge < -0.3 is 5.73 Å². The second-order valence-corrected chi connectivity index (χ2v) is 5.22. The lowest BCUT2D eigenvalue weighted by Gasteiger charge is -2.10. The van der Waals surface area contributed by atoms with Gasteiger partial charge in [0.2, 0.25) is 0 Å². The molecule has 0 aliphatic rings. The number of hydrogen-bond donors (Lipinski definition) is 1. The van der Waals surface area contributed by atoms with Crippen molar-refractivity contribution in [1.82, 2.24) is 14.8 Å². The molecular formula is C13H24N4O. The molecule has 1 unspecified atom stereocenters. The predicted molar refractivity (Wildman–Crippen MR) is 71.1 cm³/mol. The lowest BCUT2D eigenvalue weighted by atomic mass is 10.0. The summed E-state index contributed by atoms with van der Waals surface area (Å²) in [5.74, 6) is 1.38. The first-order chi connectivity index (χ1) is 8.52. The highest BCUT2D eigenvalue weighted by molar-refractivity contribution is 5.80. The maximum absolute atomic E-state index is 11.9. The van der Waals surface area contributed by atoms with Gasteiger partial charge in [-0.2, -0.15) is 5.10 Å². The molecule has 0 bridgehead atoms. The number of nitrogens with zero attached hydrogens (tertiary/aromatic N) is 3. The van der Waals surface area contributed by atoms with Crippen LogP contribution in [0.3, 0.4) is 0 Å². The summed E-state index contributed by atoms with van der Waals surface area (Å²) in [4.78, 5) is 16.0. The van der Waals surface area contributed by atoms with E-state index < -0.39 is 0 Å². The fraction of sp³-hybridized carbons (Fsp3) is 0.769. The molecule has 1 aromatic heterocycles. The molecule has 18 heavy (non-hydrogen) atoms. The summed E-state index contributed by atoms with van der Waals surface area (Å²) in [7, 11) is 0. The Hall–Kier alpha value is -1.23. The Morgan fingerprint density at radius 1 is 1.50 bits per heavy atom. The lowest BCUT2D eigenvalue weighted by Crippen LogP contribution is -2.25. The van der Waals surface area contributed by atoms with Gasteiger partial charge in [0, 0.05) is 19.0 Å². The molecule has 0 fully saturated rings. The molecule has 1 aromatic rings. The van der Waals surface area contributed by atoms with Crippen molar-refractivity contribution in [2.24, 2.45) is 11.7 Å². The molecule has 1 heterocycles. The lowest BCUT2D eigenvalue weighted by molar-refractivity contribution is -0.118. The van der Waals surface area contributed by atoms with Crippen LogP contribution in [-0.2, 0) is 17.8 Å². The van der Waals surface area contributed by atoms with Gasteiger partial charge in [0.25, 0.3) is 0 Å². The number of Topliss-reactive ketones (excluding diaryl/α,β-unsaturated/α-hetero) is 1. The van der Waals surface area contributed by atoms with Gasteiger partial charge in [0.05, 0.1) is 6.42 Å².